The predicted octanol–water partition coefficient (Wildman–Crippen LogP) is 1.71. The van der Waals surface area contributed by atoms with Crippen LogP contribution in [-0.4, -0.2) is 27.5 Å². The molecule has 0 radical (unpaired) electrons. The van der Waals surface area contributed by atoms with Gasteiger partial charge in [0.05, 0.1) is 21.3 Å². The average molecular weight is 153 g/mol. The molecule has 0 aliphatic carbocycles. The van der Waals surface area contributed by atoms with Crippen LogP contribution in [0.4, 0.5) is 0 Å². The zero-order chi connectivity index (χ0) is 7.33. The van der Waals surface area contributed by atoms with Crippen LogP contribution < -0.4 is 0 Å². The standard InChI is InChI=1S/C5H14O3P/c1-5-9(6-2,7-3)8-4/h5H2,1-4H3/q+1. The molecule has 3 nitrogen and oxygen atoms in total. The van der Waals surface area contributed by atoms with E-state index in [-0.39, 0.29) is 0 Å². The van der Waals surface area contributed by atoms with Gasteiger partial charge in [0.2, 0.25) is 0 Å². The molecule has 0 saturated heterocycles. The second-order valence-corrected chi connectivity index (χ2v) is 4.42. The van der Waals surface area contributed by atoms with Gasteiger partial charge in [-0.3, -0.25) is 0 Å². The molecular formula is C5H14O3P+. The van der Waals surface area contributed by atoms with Gasteiger partial charge in [-0.2, -0.15) is 13.6 Å². The molecule has 0 aliphatic rings. The Bertz CT molecular complexity index is 55.1. The summed E-state index contributed by atoms with van der Waals surface area (Å²) in [5, 5.41) is 0. The third kappa shape index (κ3) is 2.18. The molecule has 0 bridgehead atoms. The second-order valence-electron chi connectivity index (χ2n) is 1.47. The van der Waals surface area contributed by atoms with Crippen LogP contribution >= 0.6 is 7.94 Å². The first-order chi connectivity index (χ1) is 4.24. The third-order valence-electron chi connectivity index (χ3n) is 1.22. The predicted molar refractivity (Wildman–Crippen MR) is 38.5 cm³/mol. The van der Waals surface area contributed by atoms with E-state index in [1.165, 1.54) is 0 Å². The van der Waals surface area contributed by atoms with E-state index in [1.807, 2.05) is 6.92 Å². The topological polar surface area (TPSA) is 27.7 Å². The molecule has 0 N–H and O–H groups in total. The highest BCUT2D eigenvalue weighted by atomic mass is 31.2. The molecule has 0 spiro atoms. The van der Waals surface area contributed by atoms with Crippen molar-refractivity contribution in [3.63, 3.8) is 0 Å². The lowest BCUT2D eigenvalue weighted by Gasteiger charge is -2.14. The first-order valence-corrected chi connectivity index (χ1v) is 4.52. The van der Waals surface area contributed by atoms with Gasteiger partial charge in [0.25, 0.3) is 0 Å². The van der Waals surface area contributed by atoms with Crippen molar-refractivity contribution in [1.82, 2.24) is 0 Å². The highest BCUT2D eigenvalue weighted by molar-refractivity contribution is 7.61. The maximum absolute atomic E-state index is 5.05. The Labute approximate surface area is 56.9 Å². The minimum Gasteiger partial charge on any atom is -0.181 e. The summed E-state index contributed by atoms with van der Waals surface area (Å²) in [6, 6.07) is 0. The van der Waals surface area contributed by atoms with Gasteiger partial charge in [0.15, 0.2) is 0 Å². The van der Waals surface area contributed by atoms with Crippen LogP contribution in [0.5, 0.6) is 0 Å². The molecule has 9 heavy (non-hydrogen) atoms. The zero-order valence-electron chi connectivity index (χ0n) is 6.38. The summed E-state index contributed by atoms with van der Waals surface area (Å²) >= 11 is 0. The van der Waals surface area contributed by atoms with Crippen molar-refractivity contribution in [3.8, 4) is 0 Å². The Morgan fingerprint density at radius 2 is 1.33 bits per heavy atom. The van der Waals surface area contributed by atoms with Crippen LogP contribution in [-0.2, 0) is 13.6 Å². The van der Waals surface area contributed by atoms with E-state index in [1.54, 1.807) is 21.3 Å². The molecule has 56 valence electrons. The van der Waals surface area contributed by atoms with Crippen LogP contribution in [0.25, 0.3) is 0 Å². The van der Waals surface area contributed by atoms with Crippen molar-refractivity contribution in [2.24, 2.45) is 0 Å². The van der Waals surface area contributed by atoms with Crippen molar-refractivity contribution >= 4 is 7.94 Å². The van der Waals surface area contributed by atoms with Gasteiger partial charge in [-0.25, -0.2) is 0 Å². The Morgan fingerprint density at radius 3 is 1.33 bits per heavy atom. The van der Waals surface area contributed by atoms with Crippen molar-refractivity contribution < 1.29 is 13.6 Å². The zero-order valence-corrected chi connectivity index (χ0v) is 7.27. The van der Waals surface area contributed by atoms with Gasteiger partial charge < -0.3 is 0 Å². The molecule has 0 heterocycles. The molecule has 0 aliphatic heterocycles. The minimum atomic E-state index is -1.92. The summed E-state index contributed by atoms with van der Waals surface area (Å²) in [6.07, 6.45) is 0.788. The average Bonchev–Trinajstić information content (AvgIpc) is 1.95. The van der Waals surface area contributed by atoms with E-state index in [9.17, 15) is 0 Å². The van der Waals surface area contributed by atoms with Crippen molar-refractivity contribution in [2.45, 2.75) is 6.92 Å². The van der Waals surface area contributed by atoms with Crippen molar-refractivity contribution in [2.75, 3.05) is 27.5 Å². The Kier molecular flexibility index (Phi) is 4.32. The number of hydrogen-bond acceptors (Lipinski definition) is 3. The van der Waals surface area contributed by atoms with Gasteiger partial charge in [0.1, 0.15) is 6.16 Å². The van der Waals surface area contributed by atoms with Crippen LogP contribution in [0, 0.1) is 0 Å². The molecule has 0 aromatic carbocycles. The van der Waals surface area contributed by atoms with E-state index < -0.39 is 7.94 Å². The lowest BCUT2D eigenvalue weighted by atomic mass is 11.0. The summed E-state index contributed by atoms with van der Waals surface area (Å²) in [7, 11) is 2.88. The molecule has 0 atom stereocenters. The van der Waals surface area contributed by atoms with E-state index in [0.29, 0.717) is 0 Å². The summed E-state index contributed by atoms with van der Waals surface area (Å²) in [6.45, 7) is 1.98. The summed E-state index contributed by atoms with van der Waals surface area (Å²) in [5.74, 6) is 0. The quantitative estimate of drug-likeness (QED) is 0.575. The van der Waals surface area contributed by atoms with Gasteiger partial charge in [-0.15, -0.1) is 0 Å². The molecule has 0 aromatic rings. The molecule has 0 amide bonds. The molecule has 4 heteroatoms. The Balaban J connectivity index is 3.82. The molecular weight excluding hydrogens is 139 g/mol. The molecule has 0 aromatic heterocycles. The fourth-order valence-corrected chi connectivity index (χ4v) is 1.83. The van der Waals surface area contributed by atoms with Crippen molar-refractivity contribution in [1.29, 1.82) is 0 Å². The monoisotopic (exact) mass is 153 g/mol. The van der Waals surface area contributed by atoms with Gasteiger partial charge in [-0.1, -0.05) is 0 Å². The van der Waals surface area contributed by atoms with Crippen LogP contribution in [0.3, 0.4) is 0 Å². The highest BCUT2D eigenvalue weighted by Crippen LogP contribution is 2.59. The fourth-order valence-electron chi connectivity index (χ4n) is 0.611. The van der Waals surface area contributed by atoms with E-state index in [4.69, 9.17) is 13.6 Å². The van der Waals surface area contributed by atoms with E-state index >= 15 is 0 Å². The molecule has 0 fully saturated rings. The fraction of sp³-hybridized carbons (Fsp3) is 1.00. The van der Waals surface area contributed by atoms with Gasteiger partial charge in [0, 0.05) is 0 Å². The Morgan fingerprint density at radius 1 is 1.00 bits per heavy atom. The highest BCUT2D eigenvalue weighted by Gasteiger charge is 2.38. The molecule has 0 unspecified atom stereocenters. The lowest BCUT2D eigenvalue weighted by molar-refractivity contribution is 0.212. The first kappa shape index (κ1) is 9.31. The summed E-state index contributed by atoms with van der Waals surface area (Å²) in [4.78, 5) is 0. The normalized spacial score (nSPS) is 12.0. The van der Waals surface area contributed by atoms with E-state index in [0.717, 1.165) is 6.16 Å². The lowest BCUT2D eigenvalue weighted by Crippen LogP contribution is -2.02. The summed E-state index contributed by atoms with van der Waals surface area (Å²) in [5.41, 5.74) is 0. The minimum absolute atomic E-state index is 0.788. The van der Waals surface area contributed by atoms with Crippen LogP contribution in [0.1, 0.15) is 6.92 Å². The smallest absolute Gasteiger partial charge is 0.181 e. The number of rotatable bonds is 4. The van der Waals surface area contributed by atoms with Crippen molar-refractivity contribution in [3.05, 3.63) is 0 Å². The number of hydrogen-bond donors (Lipinski definition) is 0. The maximum Gasteiger partial charge on any atom is 0.410 e. The van der Waals surface area contributed by atoms with E-state index in [2.05, 4.69) is 0 Å². The van der Waals surface area contributed by atoms with Gasteiger partial charge in [-0.05, 0) is 6.92 Å². The SMILES string of the molecule is CC[P+](OC)(OC)OC. The van der Waals surface area contributed by atoms with Crippen LogP contribution in [0.15, 0.2) is 0 Å². The summed E-state index contributed by atoms with van der Waals surface area (Å²) < 4.78 is 15.2. The third-order valence-corrected chi connectivity index (χ3v) is 3.67. The Hall–Kier alpha value is 0.310. The maximum atomic E-state index is 5.05. The second kappa shape index (κ2) is 4.18. The van der Waals surface area contributed by atoms with Gasteiger partial charge >= 0.3 is 7.94 Å². The first-order valence-electron chi connectivity index (χ1n) is 2.80. The molecule has 0 saturated carbocycles. The largest absolute Gasteiger partial charge is 0.410 e. The molecule has 0 rings (SSSR count). The van der Waals surface area contributed by atoms with Crippen LogP contribution in [0.2, 0.25) is 0 Å².